The smallest absolute Gasteiger partial charge is 0.0502 e. The SMILES string of the molecule is COCC1CCCN(CCNCC2CC2)C1. The summed E-state index contributed by atoms with van der Waals surface area (Å²) < 4.78 is 5.25. The predicted octanol–water partition coefficient (Wildman–Crippen LogP) is 1.34. The van der Waals surface area contributed by atoms with Gasteiger partial charge in [0.25, 0.3) is 0 Å². The summed E-state index contributed by atoms with van der Waals surface area (Å²) in [4.78, 5) is 2.59. The molecule has 94 valence electrons. The highest BCUT2D eigenvalue weighted by molar-refractivity contribution is 4.76. The van der Waals surface area contributed by atoms with E-state index in [1.54, 1.807) is 0 Å². The van der Waals surface area contributed by atoms with Crippen LogP contribution >= 0.6 is 0 Å². The lowest BCUT2D eigenvalue weighted by Crippen LogP contribution is -2.40. The van der Waals surface area contributed by atoms with Gasteiger partial charge in [-0.1, -0.05) is 0 Å². The summed E-state index contributed by atoms with van der Waals surface area (Å²) in [6.07, 6.45) is 5.59. The van der Waals surface area contributed by atoms with Crippen LogP contribution in [-0.2, 0) is 4.74 Å². The number of ether oxygens (including phenoxy) is 1. The Morgan fingerprint density at radius 1 is 1.25 bits per heavy atom. The van der Waals surface area contributed by atoms with E-state index in [1.165, 1.54) is 51.9 Å². The van der Waals surface area contributed by atoms with E-state index >= 15 is 0 Å². The largest absolute Gasteiger partial charge is 0.384 e. The van der Waals surface area contributed by atoms with Gasteiger partial charge >= 0.3 is 0 Å². The summed E-state index contributed by atoms with van der Waals surface area (Å²) in [6, 6.07) is 0. The molecule has 1 aliphatic carbocycles. The van der Waals surface area contributed by atoms with Crippen LogP contribution < -0.4 is 5.32 Å². The molecule has 0 radical (unpaired) electrons. The van der Waals surface area contributed by atoms with Gasteiger partial charge in [0.1, 0.15) is 0 Å². The molecule has 2 fully saturated rings. The summed E-state index contributed by atoms with van der Waals surface area (Å²) in [7, 11) is 1.82. The van der Waals surface area contributed by atoms with Crippen molar-refractivity contribution >= 4 is 0 Å². The molecule has 1 saturated heterocycles. The van der Waals surface area contributed by atoms with E-state index < -0.39 is 0 Å². The Labute approximate surface area is 99.5 Å². The van der Waals surface area contributed by atoms with E-state index in [2.05, 4.69) is 10.2 Å². The Morgan fingerprint density at radius 2 is 2.12 bits per heavy atom. The first-order valence-electron chi connectivity index (χ1n) is 6.80. The zero-order valence-corrected chi connectivity index (χ0v) is 10.6. The first kappa shape index (κ1) is 12.3. The van der Waals surface area contributed by atoms with Gasteiger partial charge < -0.3 is 15.0 Å². The Kier molecular flexibility index (Phi) is 5.07. The van der Waals surface area contributed by atoms with E-state index in [1.807, 2.05) is 7.11 Å². The van der Waals surface area contributed by atoms with Gasteiger partial charge in [-0.15, -0.1) is 0 Å². The van der Waals surface area contributed by atoms with Crippen molar-refractivity contribution in [1.82, 2.24) is 10.2 Å². The van der Waals surface area contributed by atoms with Gasteiger partial charge in [0.15, 0.2) is 0 Å². The third-order valence-corrected chi connectivity index (χ3v) is 3.74. The highest BCUT2D eigenvalue weighted by Gasteiger charge is 2.21. The van der Waals surface area contributed by atoms with Crippen LogP contribution in [0.4, 0.5) is 0 Å². The summed E-state index contributed by atoms with van der Waals surface area (Å²) in [5.41, 5.74) is 0. The summed E-state index contributed by atoms with van der Waals surface area (Å²) in [5, 5.41) is 3.57. The number of piperidine rings is 1. The van der Waals surface area contributed by atoms with Crippen LogP contribution in [0.25, 0.3) is 0 Å². The Morgan fingerprint density at radius 3 is 2.88 bits per heavy atom. The molecule has 3 heteroatoms. The Balaban J connectivity index is 1.53. The van der Waals surface area contributed by atoms with Crippen LogP contribution in [0.5, 0.6) is 0 Å². The normalized spacial score (nSPS) is 27.2. The second-order valence-corrected chi connectivity index (χ2v) is 5.41. The summed E-state index contributed by atoms with van der Waals surface area (Å²) >= 11 is 0. The van der Waals surface area contributed by atoms with E-state index in [0.717, 1.165) is 25.0 Å². The number of rotatable bonds is 7. The maximum Gasteiger partial charge on any atom is 0.0502 e. The molecule has 0 aromatic heterocycles. The standard InChI is InChI=1S/C13H26N2O/c1-16-11-13-3-2-7-15(10-13)8-6-14-9-12-4-5-12/h12-14H,2-11H2,1H3. The second kappa shape index (κ2) is 6.58. The molecule has 1 saturated carbocycles. The van der Waals surface area contributed by atoms with Gasteiger partial charge in [-0.2, -0.15) is 0 Å². The lowest BCUT2D eigenvalue weighted by molar-refractivity contribution is 0.0911. The van der Waals surface area contributed by atoms with Crippen molar-refractivity contribution in [2.75, 3.05) is 46.4 Å². The van der Waals surface area contributed by atoms with Crippen molar-refractivity contribution in [3.05, 3.63) is 0 Å². The van der Waals surface area contributed by atoms with Crippen LogP contribution in [0.2, 0.25) is 0 Å². The van der Waals surface area contributed by atoms with Crippen LogP contribution in [-0.4, -0.2) is 51.3 Å². The predicted molar refractivity (Wildman–Crippen MR) is 66.6 cm³/mol. The molecule has 1 N–H and O–H groups in total. The van der Waals surface area contributed by atoms with Crippen LogP contribution in [0.15, 0.2) is 0 Å². The number of nitrogens with zero attached hydrogens (tertiary/aromatic N) is 1. The number of hydrogen-bond donors (Lipinski definition) is 1. The molecule has 0 spiro atoms. The Bertz CT molecular complexity index is 192. The average Bonchev–Trinajstić information content (AvgIpc) is 3.09. The fourth-order valence-electron chi connectivity index (χ4n) is 2.59. The molecule has 3 nitrogen and oxygen atoms in total. The number of likely N-dealkylation sites (tertiary alicyclic amines) is 1. The molecule has 0 aromatic carbocycles. The molecule has 16 heavy (non-hydrogen) atoms. The lowest BCUT2D eigenvalue weighted by atomic mass is 9.99. The molecule has 1 heterocycles. The quantitative estimate of drug-likeness (QED) is 0.663. The minimum absolute atomic E-state index is 0.766. The van der Waals surface area contributed by atoms with Gasteiger partial charge in [-0.3, -0.25) is 0 Å². The van der Waals surface area contributed by atoms with Crippen molar-refractivity contribution in [3.8, 4) is 0 Å². The third-order valence-electron chi connectivity index (χ3n) is 3.74. The highest BCUT2D eigenvalue weighted by atomic mass is 16.5. The van der Waals surface area contributed by atoms with E-state index in [4.69, 9.17) is 4.74 Å². The monoisotopic (exact) mass is 226 g/mol. The van der Waals surface area contributed by atoms with Crippen molar-refractivity contribution in [1.29, 1.82) is 0 Å². The second-order valence-electron chi connectivity index (χ2n) is 5.41. The molecule has 1 unspecified atom stereocenters. The lowest BCUT2D eigenvalue weighted by Gasteiger charge is -2.32. The molecule has 2 aliphatic rings. The van der Waals surface area contributed by atoms with Crippen molar-refractivity contribution in [2.24, 2.45) is 11.8 Å². The van der Waals surface area contributed by atoms with Crippen LogP contribution in [0, 0.1) is 11.8 Å². The van der Waals surface area contributed by atoms with Gasteiger partial charge in [-0.05, 0) is 50.6 Å². The highest BCUT2D eigenvalue weighted by Crippen LogP contribution is 2.27. The maximum atomic E-state index is 5.25. The van der Waals surface area contributed by atoms with Crippen LogP contribution in [0.3, 0.4) is 0 Å². The molecule has 0 amide bonds. The fourth-order valence-corrected chi connectivity index (χ4v) is 2.59. The molecule has 0 aromatic rings. The molecule has 0 bridgehead atoms. The van der Waals surface area contributed by atoms with Crippen molar-refractivity contribution < 1.29 is 4.74 Å². The molecule has 1 atom stereocenters. The van der Waals surface area contributed by atoms with Crippen molar-refractivity contribution in [3.63, 3.8) is 0 Å². The number of hydrogen-bond acceptors (Lipinski definition) is 3. The van der Waals surface area contributed by atoms with E-state index in [9.17, 15) is 0 Å². The summed E-state index contributed by atoms with van der Waals surface area (Å²) in [5.74, 6) is 1.77. The minimum Gasteiger partial charge on any atom is -0.384 e. The zero-order valence-electron chi connectivity index (χ0n) is 10.6. The average molecular weight is 226 g/mol. The van der Waals surface area contributed by atoms with Gasteiger partial charge in [0, 0.05) is 26.7 Å². The van der Waals surface area contributed by atoms with Gasteiger partial charge in [-0.25, -0.2) is 0 Å². The van der Waals surface area contributed by atoms with Gasteiger partial charge in [0.05, 0.1) is 6.61 Å². The third kappa shape index (κ3) is 4.40. The molecular weight excluding hydrogens is 200 g/mol. The Hall–Kier alpha value is -0.120. The topological polar surface area (TPSA) is 24.5 Å². The van der Waals surface area contributed by atoms with Crippen LogP contribution in [0.1, 0.15) is 25.7 Å². The number of nitrogens with one attached hydrogen (secondary N) is 1. The fraction of sp³-hybridized carbons (Fsp3) is 1.00. The first-order chi connectivity index (χ1) is 7.88. The molecular formula is C13H26N2O. The van der Waals surface area contributed by atoms with Gasteiger partial charge in [0.2, 0.25) is 0 Å². The zero-order chi connectivity index (χ0) is 11.2. The molecule has 1 aliphatic heterocycles. The first-order valence-corrected chi connectivity index (χ1v) is 6.80. The van der Waals surface area contributed by atoms with E-state index in [0.29, 0.717) is 0 Å². The number of methoxy groups -OCH3 is 1. The molecule has 2 rings (SSSR count). The van der Waals surface area contributed by atoms with E-state index in [-0.39, 0.29) is 0 Å². The van der Waals surface area contributed by atoms with Crippen molar-refractivity contribution in [2.45, 2.75) is 25.7 Å². The minimum atomic E-state index is 0.766. The summed E-state index contributed by atoms with van der Waals surface area (Å²) in [6.45, 7) is 7.08. The maximum absolute atomic E-state index is 5.25.